The van der Waals surface area contributed by atoms with Gasteiger partial charge in [-0.2, -0.15) is 0 Å². The maximum absolute atomic E-state index is 12.9. The van der Waals surface area contributed by atoms with Gasteiger partial charge in [0, 0.05) is 12.8 Å². The summed E-state index contributed by atoms with van der Waals surface area (Å²) in [6.07, 6.45) is 105. The van der Waals surface area contributed by atoms with Gasteiger partial charge in [-0.15, -0.1) is 0 Å². The number of hydrogen-bond donors (Lipinski definition) is 0. The Morgan fingerprint density at radius 3 is 0.870 bits per heavy atom. The third-order valence-corrected chi connectivity index (χ3v) is 16.8. The summed E-state index contributed by atoms with van der Waals surface area (Å²) in [7, 11) is 1.16. The van der Waals surface area contributed by atoms with E-state index in [4.69, 9.17) is 18.5 Å². The van der Waals surface area contributed by atoms with Crippen LogP contribution < -0.4 is 4.89 Å². The molecule has 0 radical (unpaired) electrons. The highest BCUT2D eigenvalue weighted by Gasteiger charge is 2.22. The van der Waals surface area contributed by atoms with Crippen LogP contribution >= 0.6 is 7.82 Å². The number of quaternary nitrogens is 1. The molecule has 0 rings (SSSR count). The average Bonchev–Trinajstić information content (AvgIpc) is 2.23. The van der Waals surface area contributed by atoms with Gasteiger partial charge in [0.25, 0.3) is 7.82 Å². The molecule has 0 saturated heterocycles. The Balaban J connectivity index is 4.03. The molecule has 2 unspecified atom stereocenters. The number of carbonyl (C=O) groups excluding carboxylic acids is 2. The Labute approximate surface area is 567 Å². The maximum atomic E-state index is 12.9. The lowest BCUT2D eigenvalue weighted by molar-refractivity contribution is -0.870. The van der Waals surface area contributed by atoms with E-state index in [0.29, 0.717) is 17.4 Å². The summed E-state index contributed by atoms with van der Waals surface area (Å²) >= 11 is 0. The highest BCUT2D eigenvalue weighted by Crippen LogP contribution is 2.38. The summed E-state index contributed by atoms with van der Waals surface area (Å²) < 4.78 is 34.4. The van der Waals surface area contributed by atoms with E-state index in [1.54, 1.807) is 0 Å². The summed E-state index contributed by atoms with van der Waals surface area (Å²) in [5.41, 5.74) is 0. The van der Waals surface area contributed by atoms with Crippen molar-refractivity contribution in [3.05, 3.63) is 146 Å². The highest BCUT2D eigenvalue weighted by atomic mass is 31.2. The van der Waals surface area contributed by atoms with Crippen molar-refractivity contribution in [3.8, 4) is 0 Å². The van der Waals surface area contributed by atoms with E-state index >= 15 is 0 Å². The van der Waals surface area contributed by atoms with E-state index in [1.807, 2.05) is 21.1 Å². The fourth-order valence-electron chi connectivity index (χ4n) is 10.2. The van der Waals surface area contributed by atoms with E-state index < -0.39 is 26.5 Å². The van der Waals surface area contributed by atoms with Crippen molar-refractivity contribution in [1.29, 1.82) is 0 Å². The quantitative estimate of drug-likeness (QED) is 0.0195. The van der Waals surface area contributed by atoms with Gasteiger partial charge in [0.2, 0.25) is 0 Å². The summed E-state index contributed by atoms with van der Waals surface area (Å²) in [5.74, 6) is -0.833. The third kappa shape index (κ3) is 74.9. The van der Waals surface area contributed by atoms with Crippen molar-refractivity contribution in [3.63, 3.8) is 0 Å². The molecule has 0 aliphatic heterocycles. The lowest BCUT2D eigenvalue weighted by Crippen LogP contribution is -2.37. The molecule has 0 aromatic heterocycles. The first-order chi connectivity index (χ1) is 45.0. The van der Waals surface area contributed by atoms with E-state index in [2.05, 4.69) is 160 Å². The summed E-state index contributed by atoms with van der Waals surface area (Å²) in [6, 6.07) is 0. The zero-order valence-electron chi connectivity index (χ0n) is 59.9. The number of nitrogens with zero attached hydrogens (tertiary/aromatic N) is 1. The standard InChI is InChI=1S/C82H140NO8P/c1-6-8-10-12-14-16-18-20-22-24-26-28-30-32-34-36-38-40-41-43-44-46-48-50-52-54-56-58-60-62-64-66-68-70-72-74-81(84)88-78-80(79-90-92(86,87)89-77-76-83(3,4)5)91-82(85)75-73-71-69-67-65-63-61-59-57-55-53-51-49-47-45-42-39-37-35-33-31-29-27-25-23-21-19-17-15-13-11-9-7-2/h8-11,14-17,20-23,26-29,32-35,39,42,47,49,80H,6-7,12-13,18-19,24-25,30-31,36-38,40-41,43-46,48,50-79H2,1-5H3/b10-8-,11-9-,16-14-,17-15-,22-20-,23-21-,28-26-,29-27-,34-32-,35-33-,42-39-,49-47-. The molecule has 10 heteroatoms. The molecular weight excluding hydrogens is 1160 g/mol. The normalized spacial score (nSPS) is 13.9. The fourth-order valence-corrected chi connectivity index (χ4v) is 10.9. The number of ether oxygens (including phenoxy) is 2. The van der Waals surface area contributed by atoms with Crippen LogP contribution in [0.4, 0.5) is 0 Å². The average molecular weight is 1300 g/mol. The van der Waals surface area contributed by atoms with Crippen LogP contribution in [0.25, 0.3) is 0 Å². The molecule has 92 heavy (non-hydrogen) atoms. The zero-order valence-corrected chi connectivity index (χ0v) is 60.8. The second-order valence-electron chi connectivity index (χ2n) is 25.9. The van der Waals surface area contributed by atoms with Crippen LogP contribution in [-0.2, 0) is 32.7 Å². The van der Waals surface area contributed by atoms with Gasteiger partial charge in [-0.25, -0.2) is 0 Å². The van der Waals surface area contributed by atoms with Gasteiger partial charge < -0.3 is 27.9 Å². The van der Waals surface area contributed by atoms with Crippen molar-refractivity contribution in [1.82, 2.24) is 0 Å². The van der Waals surface area contributed by atoms with Crippen LogP contribution in [0.5, 0.6) is 0 Å². The second kappa shape index (κ2) is 71.2. The lowest BCUT2D eigenvalue weighted by atomic mass is 10.0. The highest BCUT2D eigenvalue weighted by molar-refractivity contribution is 7.45. The molecule has 0 aromatic rings. The SMILES string of the molecule is CC/C=C\C/C=C\C/C=C\C/C=C\C/C=C\C/C=C\C/C=C\CCCCCCCCCCCCCC(=O)OC(COC(=O)CCCCCCCCCCCCCCCCCCCCC/C=C\C/C=C\C/C=C\C/C=C\C/C=C\CC)COP(=O)([O-])OCC[N+](C)(C)C. The molecule has 0 saturated carbocycles. The van der Waals surface area contributed by atoms with Crippen molar-refractivity contribution >= 4 is 19.8 Å². The Bertz CT molecular complexity index is 2070. The van der Waals surface area contributed by atoms with E-state index in [-0.39, 0.29) is 32.0 Å². The van der Waals surface area contributed by atoms with Gasteiger partial charge in [0.15, 0.2) is 6.10 Å². The largest absolute Gasteiger partial charge is 0.756 e. The minimum Gasteiger partial charge on any atom is -0.756 e. The van der Waals surface area contributed by atoms with Gasteiger partial charge >= 0.3 is 11.9 Å². The van der Waals surface area contributed by atoms with Crippen LogP contribution in [0.2, 0.25) is 0 Å². The van der Waals surface area contributed by atoms with E-state index in [0.717, 1.165) is 122 Å². The number of phosphoric acid groups is 1. The number of carbonyl (C=O) groups is 2. The Hall–Kier alpha value is -4.11. The minimum atomic E-state index is -4.65. The van der Waals surface area contributed by atoms with Crippen LogP contribution in [0, 0.1) is 0 Å². The van der Waals surface area contributed by atoms with Gasteiger partial charge in [-0.3, -0.25) is 14.2 Å². The molecule has 0 spiro atoms. The molecule has 0 amide bonds. The maximum Gasteiger partial charge on any atom is 0.306 e. The molecule has 0 aromatic carbocycles. The lowest BCUT2D eigenvalue weighted by Gasteiger charge is -2.28. The molecule has 0 aliphatic rings. The molecule has 0 fully saturated rings. The molecular formula is C82H140NO8P. The van der Waals surface area contributed by atoms with E-state index in [9.17, 15) is 19.0 Å². The predicted octanol–water partition coefficient (Wildman–Crippen LogP) is 24.3. The summed E-state index contributed by atoms with van der Waals surface area (Å²) in [5, 5.41) is 0. The molecule has 0 N–H and O–H groups in total. The second-order valence-corrected chi connectivity index (χ2v) is 27.3. The monoisotopic (exact) mass is 1300 g/mol. The fraction of sp³-hybridized carbons (Fsp3) is 0.683. The van der Waals surface area contributed by atoms with Gasteiger partial charge in [0.05, 0.1) is 27.7 Å². The van der Waals surface area contributed by atoms with Crippen molar-refractivity contribution in [2.75, 3.05) is 47.5 Å². The van der Waals surface area contributed by atoms with Crippen LogP contribution in [-0.4, -0.2) is 70.0 Å². The number of esters is 2. The van der Waals surface area contributed by atoms with Crippen molar-refractivity contribution in [2.24, 2.45) is 0 Å². The number of hydrogen-bond acceptors (Lipinski definition) is 8. The predicted molar refractivity (Wildman–Crippen MR) is 397 cm³/mol. The smallest absolute Gasteiger partial charge is 0.306 e. The van der Waals surface area contributed by atoms with Gasteiger partial charge in [0.1, 0.15) is 19.8 Å². The Morgan fingerprint density at radius 2 is 0.587 bits per heavy atom. The first-order valence-corrected chi connectivity index (χ1v) is 39.0. The molecule has 9 nitrogen and oxygen atoms in total. The summed E-state index contributed by atoms with van der Waals surface area (Å²) in [6.45, 7) is 4.03. The topological polar surface area (TPSA) is 111 Å². The molecule has 526 valence electrons. The third-order valence-electron chi connectivity index (χ3n) is 15.9. The Kier molecular flexibility index (Phi) is 68.0. The number of phosphoric ester groups is 1. The van der Waals surface area contributed by atoms with Crippen LogP contribution in [0.1, 0.15) is 309 Å². The zero-order chi connectivity index (χ0) is 66.9. The number of allylic oxidation sites excluding steroid dienone is 24. The molecule has 0 bridgehead atoms. The van der Waals surface area contributed by atoms with Crippen LogP contribution in [0.15, 0.2) is 146 Å². The van der Waals surface area contributed by atoms with Crippen LogP contribution in [0.3, 0.4) is 0 Å². The minimum absolute atomic E-state index is 0.0362. The summed E-state index contributed by atoms with van der Waals surface area (Å²) in [4.78, 5) is 38.1. The molecule has 0 aliphatic carbocycles. The molecule has 0 heterocycles. The van der Waals surface area contributed by atoms with Gasteiger partial charge in [-0.05, 0) is 116 Å². The van der Waals surface area contributed by atoms with Crippen molar-refractivity contribution in [2.45, 2.75) is 315 Å². The first-order valence-electron chi connectivity index (χ1n) is 37.5. The van der Waals surface area contributed by atoms with E-state index in [1.165, 1.54) is 154 Å². The van der Waals surface area contributed by atoms with Gasteiger partial charge in [-0.1, -0.05) is 327 Å². The number of unbranched alkanes of at least 4 members (excludes halogenated alkanes) is 30. The number of likely N-dealkylation sites (N-methyl/N-ethyl adjacent to an activating group) is 1. The first kappa shape index (κ1) is 87.9. The Morgan fingerprint density at radius 1 is 0.337 bits per heavy atom. The number of rotatable bonds is 68. The molecule has 2 atom stereocenters. The van der Waals surface area contributed by atoms with Crippen molar-refractivity contribution < 1.29 is 42.1 Å².